The van der Waals surface area contributed by atoms with Crippen molar-refractivity contribution >= 4 is 27.7 Å². The van der Waals surface area contributed by atoms with Crippen molar-refractivity contribution in [2.45, 2.75) is 31.1 Å². The fourth-order valence-corrected chi connectivity index (χ4v) is 4.04. The third kappa shape index (κ3) is 3.97. The van der Waals surface area contributed by atoms with E-state index in [4.69, 9.17) is 5.73 Å². The molecule has 112 valence electrons. The second-order valence-corrected chi connectivity index (χ2v) is 8.53. The van der Waals surface area contributed by atoms with Crippen LogP contribution >= 0.6 is 27.7 Å². The van der Waals surface area contributed by atoms with Gasteiger partial charge < -0.3 is 5.73 Å². The van der Waals surface area contributed by atoms with Crippen molar-refractivity contribution in [1.82, 2.24) is 4.90 Å². The highest BCUT2D eigenvalue weighted by Crippen LogP contribution is 2.34. The lowest BCUT2D eigenvalue weighted by molar-refractivity contribution is 0.207. The summed E-state index contributed by atoms with van der Waals surface area (Å²) in [7, 11) is 0. The molecule has 0 amide bonds. The first-order valence-corrected chi connectivity index (χ1v) is 8.74. The molecule has 1 aliphatic rings. The summed E-state index contributed by atoms with van der Waals surface area (Å²) in [4.78, 5) is 2.33. The Kier molecular flexibility index (Phi) is 5.51. The Balaban J connectivity index is 2.19. The number of nitrogens with zero attached hydrogens (tertiary/aromatic N) is 1. The van der Waals surface area contributed by atoms with E-state index < -0.39 is 0 Å². The second-order valence-electron chi connectivity index (χ2n) is 5.81. The van der Waals surface area contributed by atoms with E-state index in [0.29, 0.717) is 16.9 Å². The second kappa shape index (κ2) is 6.77. The number of halogens is 2. The maximum Gasteiger partial charge on any atom is 0.129 e. The molecule has 1 heterocycles. The minimum atomic E-state index is -0.175. The van der Waals surface area contributed by atoms with Gasteiger partial charge in [0.05, 0.1) is 0 Å². The van der Waals surface area contributed by atoms with Crippen LogP contribution < -0.4 is 5.73 Å². The summed E-state index contributed by atoms with van der Waals surface area (Å²) < 4.78 is 15.2. The summed E-state index contributed by atoms with van der Waals surface area (Å²) >= 11 is 5.29. The molecule has 5 heteroatoms. The lowest BCUT2D eigenvalue weighted by Gasteiger charge is -2.30. The van der Waals surface area contributed by atoms with E-state index in [1.54, 1.807) is 0 Å². The van der Waals surface area contributed by atoms with E-state index in [-0.39, 0.29) is 11.9 Å². The Labute approximate surface area is 133 Å². The van der Waals surface area contributed by atoms with Gasteiger partial charge in [-0.1, -0.05) is 35.8 Å². The fraction of sp³-hybridized carbons (Fsp3) is 0.600. The molecular formula is C15H22BrFN2S. The summed E-state index contributed by atoms with van der Waals surface area (Å²) in [6.07, 6.45) is 1.10. The predicted molar refractivity (Wildman–Crippen MR) is 88.6 cm³/mol. The van der Waals surface area contributed by atoms with Crippen molar-refractivity contribution in [2.24, 2.45) is 5.73 Å². The Morgan fingerprint density at radius 3 is 2.85 bits per heavy atom. The zero-order chi connectivity index (χ0) is 14.8. The zero-order valence-corrected chi connectivity index (χ0v) is 14.4. The van der Waals surface area contributed by atoms with Crippen molar-refractivity contribution in [3.63, 3.8) is 0 Å². The van der Waals surface area contributed by atoms with E-state index >= 15 is 0 Å². The van der Waals surface area contributed by atoms with Crippen LogP contribution in [0.15, 0.2) is 22.7 Å². The van der Waals surface area contributed by atoms with Gasteiger partial charge in [-0.3, -0.25) is 4.90 Å². The van der Waals surface area contributed by atoms with E-state index in [9.17, 15) is 4.39 Å². The van der Waals surface area contributed by atoms with Gasteiger partial charge in [-0.15, -0.1) is 0 Å². The average molecular weight is 361 g/mol. The minimum Gasteiger partial charge on any atom is -0.329 e. The number of hydrogen-bond acceptors (Lipinski definition) is 3. The average Bonchev–Trinajstić information content (AvgIpc) is 2.54. The molecule has 0 saturated carbocycles. The normalized spacial score (nSPS) is 21.4. The molecule has 1 unspecified atom stereocenters. The molecule has 0 spiro atoms. The molecule has 1 saturated heterocycles. The molecular weight excluding hydrogens is 339 g/mol. The quantitative estimate of drug-likeness (QED) is 0.888. The predicted octanol–water partition coefficient (Wildman–Crippen LogP) is 3.81. The van der Waals surface area contributed by atoms with E-state index in [1.165, 1.54) is 6.07 Å². The molecule has 1 atom stereocenters. The summed E-state index contributed by atoms with van der Waals surface area (Å²) in [5.74, 6) is 0.896. The number of nitrogens with two attached hydrogens (primary N) is 1. The van der Waals surface area contributed by atoms with Crippen LogP contribution in [0.1, 0.15) is 31.9 Å². The van der Waals surface area contributed by atoms with E-state index in [0.717, 1.165) is 29.7 Å². The molecule has 2 nitrogen and oxygen atoms in total. The molecule has 0 aromatic heterocycles. The molecule has 1 aromatic rings. The Morgan fingerprint density at radius 1 is 1.45 bits per heavy atom. The van der Waals surface area contributed by atoms with Crippen molar-refractivity contribution in [3.8, 4) is 0 Å². The van der Waals surface area contributed by atoms with Gasteiger partial charge in [0.1, 0.15) is 5.82 Å². The van der Waals surface area contributed by atoms with Crippen molar-refractivity contribution < 1.29 is 4.39 Å². The Morgan fingerprint density at radius 2 is 2.20 bits per heavy atom. The smallest absolute Gasteiger partial charge is 0.129 e. The number of hydrogen-bond donors (Lipinski definition) is 1. The highest BCUT2D eigenvalue weighted by molar-refractivity contribution is 9.10. The molecule has 1 fully saturated rings. The van der Waals surface area contributed by atoms with Crippen LogP contribution in [0.2, 0.25) is 0 Å². The first-order valence-electron chi connectivity index (χ1n) is 6.96. The largest absolute Gasteiger partial charge is 0.329 e. The summed E-state index contributed by atoms with van der Waals surface area (Å²) in [5, 5.41) is 0. The summed E-state index contributed by atoms with van der Waals surface area (Å²) in [6, 6.07) is 5.23. The molecule has 2 rings (SSSR count). The van der Waals surface area contributed by atoms with Crippen molar-refractivity contribution in [1.29, 1.82) is 0 Å². The van der Waals surface area contributed by atoms with Crippen LogP contribution in [-0.2, 0) is 0 Å². The topological polar surface area (TPSA) is 29.3 Å². The van der Waals surface area contributed by atoms with Crippen LogP contribution in [-0.4, -0.2) is 35.0 Å². The van der Waals surface area contributed by atoms with Crippen LogP contribution in [0.3, 0.4) is 0 Å². The van der Waals surface area contributed by atoms with Gasteiger partial charge in [-0.25, -0.2) is 4.39 Å². The van der Waals surface area contributed by atoms with E-state index in [1.807, 2.05) is 23.9 Å². The molecule has 20 heavy (non-hydrogen) atoms. The van der Waals surface area contributed by atoms with Crippen LogP contribution in [0.4, 0.5) is 4.39 Å². The third-order valence-electron chi connectivity index (χ3n) is 3.86. The van der Waals surface area contributed by atoms with E-state index in [2.05, 4.69) is 34.7 Å². The Hall–Kier alpha value is -0.100. The molecule has 1 aromatic carbocycles. The minimum absolute atomic E-state index is 0.0300. The molecule has 0 aliphatic carbocycles. The maximum absolute atomic E-state index is 14.2. The van der Waals surface area contributed by atoms with Crippen LogP contribution in [0.5, 0.6) is 0 Å². The molecule has 0 radical (unpaired) electrons. The molecule has 2 N–H and O–H groups in total. The fourth-order valence-electron chi connectivity index (χ4n) is 2.59. The molecule has 1 aliphatic heterocycles. The Bertz CT molecular complexity index is 467. The lowest BCUT2D eigenvalue weighted by atomic mass is 10.0. The van der Waals surface area contributed by atoms with Gasteiger partial charge >= 0.3 is 0 Å². The van der Waals surface area contributed by atoms with Gasteiger partial charge in [0.15, 0.2) is 0 Å². The monoisotopic (exact) mass is 360 g/mol. The maximum atomic E-state index is 14.2. The van der Waals surface area contributed by atoms with Crippen molar-refractivity contribution in [2.75, 3.05) is 25.4 Å². The van der Waals surface area contributed by atoms with Gasteiger partial charge in [-0.2, -0.15) is 11.8 Å². The number of thioether (sulfide) groups is 1. The first-order chi connectivity index (χ1) is 9.43. The summed E-state index contributed by atoms with van der Waals surface area (Å²) in [5.41, 5.74) is 6.64. The van der Waals surface area contributed by atoms with Crippen molar-refractivity contribution in [3.05, 3.63) is 34.1 Å². The lowest BCUT2D eigenvalue weighted by Crippen LogP contribution is -2.36. The standard InChI is InChI=1S/C15H22BrFN2S/c1-15(2)5-6-19(7-8-20-15)14(10-18)12-4-3-11(16)9-13(12)17/h3-4,9,14H,5-8,10,18H2,1-2H3. The summed E-state index contributed by atoms with van der Waals surface area (Å²) in [6.45, 7) is 6.93. The first kappa shape index (κ1) is 16.3. The zero-order valence-electron chi connectivity index (χ0n) is 12.0. The van der Waals surface area contributed by atoms with Gasteiger partial charge in [0, 0.05) is 46.2 Å². The van der Waals surface area contributed by atoms with Crippen LogP contribution in [0.25, 0.3) is 0 Å². The van der Waals surface area contributed by atoms with Crippen LogP contribution in [0, 0.1) is 5.82 Å². The highest BCUT2D eigenvalue weighted by Gasteiger charge is 2.28. The number of rotatable bonds is 3. The molecule has 0 bridgehead atoms. The van der Waals surface area contributed by atoms with Gasteiger partial charge in [0.25, 0.3) is 0 Å². The SMILES string of the molecule is CC1(C)CCN(C(CN)c2ccc(Br)cc2F)CCS1. The van der Waals surface area contributed by atoms with Gasteiger partial charge in [-0.05, 0) is 18.6 Å². The third-order valence-corrected chi connectivity index (χ3v) is 5.72. The number of benzene rings is 1. The van der Waals surface area contributed by atoms with Gasteiger partial charge in [0.2, 0.25) is 0 Å². The highest BCUT2D eigenvalue weighted by atomic mass is 79.9.